The van der Waals surface area contributed by atoms with Crippen LogP contribution in [0.3, 0.4) is 0 Å². The number of likely N-dealkylation sites (tertiary alicyclic amines) is 1. The van der Waals surface area contributed by atoms with Gasteiger partial charge in [0.2, 0.25) is 0 Å². The molecular weight excluding hydrogens is 354 g/mol. The molecule has 0 aliphatic carbocycles. The van der Waals surface area contributed by atoms with Gasteiger partial charge < -0.3 is 19.5 Å². The predicted molar refractivity (Wildman–Crippen MR) is 106 cm³/mol. The summed E-state index contributed by atoms with van der Waals surface area (Å²) in [4.78, 5) is 15.0. The van der Waals surface area contributed by atoms with Gasteiger partial charge in [0.05, 0.1) is 6.54 Å². The molecule has 1 amide bonds. The third-order valence-corrected chi connectivity index (χ3v) is 5.74. The highest BCUT2D eigenvalue weighted by molar-refractivity contribution is 5.81. The monoisotopic (exact) mass is 383 g/mol. The summed E-state index contributed by atoms with van der Waals surface area (Å²) in [5.74, 6) is 3.35. The maximum absolute atomic E-state index is 13.0. The largest absolute Gasteiger partial charge is 0.481 e. The zero-order chi connectivity index (χ0) is 19.5. The van der Waals surface area contributed by atoms with Gasteiger partial charge >= 0.3 is 0 Å². The van der Waals surface area contributed by atoms with E-state index in [1.807, 2.05) is 43.0 Å². The van der Waals surface area contributed by atoms with Gasteiger partial charge in [-0.1, -0.05) is 19.1 Å². The van der Waals surface area contributed by atoms with Crippen LogP contribution < -0.4 is 10.1 Å². The van der Waals surface area contributed by atoms with Crippen LogP contribution in [0.1, 0.15) is 49.3 Å². The molecule has 28 heavy (non-hydrogen) atoms. The average Bonchev–Trinajstić information content (AvgIpc) is 3.16. The van der Waals surface area contributed by atoms with Crippen molar-refractivity contribution in [2.75, 3.05) is 19.6 Å². The van der Waals surface area contributed by atoms with Crippen molar-refractivity contribution in [1.29, 1.82) is 0 Å². The summed E-state index contributed by atoms with van der Waals surface area (Å²) in [6.07, 6.45) is 2.10. The normalized spacial score (nSPS) is 18.6. The van der Waals surface area contributed by atoms with E-state index in [9.17, 15) is 4.79 Å². The summed E-state index contributed by atoms with van der Waals surface area (Å²) >= 11 is 0. The summed E-state index contributed by atoms with van der Waals surface area (Å²) in [5.41, 5.74) is 1.13. The first-order valence-corrected chi connectivity index (χ1v) is 10.3. The Labute approximate surface area is 166 Å². The Balaban J connectivity index is 1.37. The number of carbonyl (C=O) groups excluding carboxylic acids is 1. The minimum atomic E-state index is -0.426. The molecule has 3 heterocycles. The molecule has 1 unspecified atom stereocenters. The number of aromatic nitrogens is 3. The SMILES string of the molecule is CCC(Oc1cccc(C)c1)C(=O)N1CCC(c2nnc3n2CCNC3)CC1. The molecular formula is C21H29N5O2. The van der Waals surface area contributed by atoms with Crippen molar-refractivity contribution in [3.8, 4) is 5.75 Å². The molecule has 2 aliphatic rings. The fraction of sp³-hybridized carbons (Fsp3) is 0.571. The fourth-order valence-corrected chi connectivity index (χ4v) is 4.14. The van der Waals surface area contributed by atoms with E-state index in [4.69, 9.17) is 4.74 Å². The standard InChI is InChI=1S/C21H29N5O2/c1-3-18(28-17-6-4-5-15(2)13-17)21(27)25-10-7-16(8-11-25)20-24-23-19-14-22-9-12-26(19)20/h4-6,13,16,18,22H,3,7-12,14H2,1-2H3. The van der Waals surface area contributed by atoms with Crippen LogP contribution in [-0.2, 0) is 17.9 Å². The lowest BCUT2D eigenvalue weighted by atomic mass is 9.95. The zero-order valence-corrected chi connectivity index (χ0v) is 16.7. The van der Waals surface area contributed by atoms with Gasteiger partial charge in [-0.3, -0.25) is 4.79 Å². The lowest BCUT2D eigenvalue weighted by Crippen LogP contribution is -2.45. The summed E-state index contributed by atoms with van der Waals surface area (Å²) < 4.78 is 8.27. The molecule has 1 fully saturated rings. The number of hydrogen-bond donors (Lipinski definition) is 1. The van der Waals surface area contributed by atoms with Crippen molar-refractivity contribution in [3.05, 3.63) is 41.5 Å². The van der Waals surface area contributed by atoms with Gasteiger partial charge in [-0.05, 0) is 43.9 Å². The van der Waals surface area contributed by atoms with E-state index in [0.29, 0.717) is 12.3 Å². The lowest BCUT2D eigenvalue weighted by Gasteiger charge is -2.34. The highest BCUT2D eigenvalue weighted by atomic mass is 16.5. The van der Waals surface area contributed by atoms with Crippen LogP contribution in [-0.4, -0.2) is 51.3 Å². The maximum Gasteiger partial charge on any atom is 0.263 e. The third kappa shape index (κ3) is 3.90. The van der Waals surface area contributed by atoms with E-state index in [1.165, 1.54) is 0 Å². The highest BCUT2D eigenvalue weighted by Crippen LogP contribution is 2.28. The molecule has 0 bridgehead atoms. The molecule has 0 radical (unpaired) electrons. The van der Waals surface area contributed by atoms with Crippen molar-refractivity contribution in [2.24, 2.45) is 0 Å². The van der Waals surface area contributed by atoms with Gasteiger partial charge in [0.25, 0.3) is 5.91 Å². The summed E-state index contributed by atoms with van der Waals surface area (Å²) in [6, 6.07) is 7.88. The Morgan fingerprint density at radius 2 is 2.11 bits per heavy atom. The lowest BCUT2D eigenvalue weighted by molar-refractivity contribution is -0.140. The first-order chi connectivity index (χ1) is 13.7. The van der Waals surface area contributed by atoms with Crippen molar-refractivity contribution in [2.45, 2.75) is 58.2 Å². The zero-order valence-electron chi connectivity index (χ0n) is 16.7. The van der Waals surface area contributed by atoms with Crippen LogP contribution in [0, 0.1) is 6.92 Å². The average molecular weight is 383 g/mol. The molecule has 4 rings (SSSR count). The number of aryl methyl sites for hydroxylation is 1. The number of fused-ring (bicyclic) bond motifs is 1. The van der Waals surface area contributed by atoms with E-state index in [1.54, 1.807) is 0 Å². The quantitative estimate of drug-likeness (QED) is 0.857. The second-order valence-corrected chi connectivity index (χ2v) is 7.73. The minimum Gasteiger partial charge on any atom is -0.481 e. The van der Waals surface area contributed by atoms with E-state index in [-0.39, 0.29) is 5.91 Å². The van der Waals surface area contributed by atoms with Gasteiger partial charge in [-0.25, -0.2) is 0 Å². The molecule has 2 aromatic rings. The minimum absolute atomic E-state index is 0.0925. The van der Waals surface area contributed by atoms with Gasteiger partial charge in [0.1, 0.15) is 17.4 Å². The molecule has 1 saturated heterocycles. The van der Waals surface area contributed by atoms with Crippen LogP contribution >= 0.6 is 0 Å². The van der Waals surface area contributed by atoms with Crippen molar-refractivity contribution in [3.63, 3.8) is 0 Å². The number of ether oxygens (including phenoxy) is 1. The second kappa shape index (κ2) is 8.31. The second-order valence-electron chi connectivity index (χ2n) is 7.73. The van der Waals surface area contributed by atoms with Crippen LogP contribution in [0.4, 0.5) is 0 Å². The van der Waals surface area contributed by atoms with Crippen LogP contribution in [0.2, 0.25) is 0 Å². The van der Waals surface area contributed by atoms with Gasteiger partial charge in [-0.2, -0.15) is 0 Å². The molecule has 1 aromatic carbocycles. The van der Waals surface area contributed by atoms with E-state index in [0.717, 1.165) is 68.5 Å². The summed E-state index contributed by atoms with van der Waals surface area (Å²) in [5, 5.41) is 12.1. The highest BCUT2D eigenvalue weighted by Gasteiger charge is 2.31. The molecule has 150 valence electrons. The van der Waals surface area contributed by atoms with E-state index >= 15 is 0 Å². The first-order valence-electron chi connectivity index (χ1n) is 10.3. The number of carbonyl (C=O) groups is 1. The fourth-order valence-electron chi connectivity index (χ4n) is 4.14. The Kier molecular flexibility index (Phi) is 5.62. The summed E-state index contributed by atoms with van der Waals surface area (Å²) in [6.45, 7) is 8.21. The molecule has 0 spiro atoms. The van der Waals surface area contributed by atoms with Crippen molar-refractivity contribution >= 4 is 5.91 Å². The van der Waals surface area contributed by atoms with Gasteiger partial charge in [-0.15, -0.1) is 10.2 Å². The predicted octanol–water partition coefficient (Wildman–Crippen LogP) is 2.25. The Morgan fingerprint density at radius 3 is 2.86 bits per heavy atom. The number of nitrogens with zero attached hydrogens (tertiary/aromatic N) is 4. The number of benzene rings is 1. The van der Waals surface area contributed by atoms with Crippen molar-refractivity contribution < 1.29 is 9.53 Å². The molecule has 1 aromatic heterocycles. The number of piperidine rings is 1. The smallest absolute Gasteiger partial charge is 0.263 e. The number of rotatable bonds is 5. The van der Waals surface area contributed by atoms with Crippen LogP contribution in [0.15, 0.2) is 24.3 Å². The third-order valence-electron chi connectivity index (χ3n) is 5.74. The topological polar surface area (TPSA) is 72.3 Å². The Hall–Kier alpha value is -2.41. The first kappa shape index (κ1) is 18.9. The van der Waals surface area contributed by atoms with E-state index in [2.05, 4.69) is 20.1 Å². The molecule has 2 aliphatic heterocycles. The molecule has 1 N–H and O–H groups in total. The van der Waals surface area contributed by atoms with Crippen LogP contribution in [0.5, 0.6) is 5.75 Å². The van der Waals surface area contributed by atoms with Crippen LogP contribution in [0.25, 0.3) is 0 Å². The molecule has 1 atom stereocenters. The molecule has 7 nitrogen and oxygen atoms in total. The van der Waals surface area contributed by atoms with Gasteiger partial charge in [0, 0.05) is 32.1 Å². The Bertz CT molecular complexity index is 826. The molecule has 7 heteroatoms. The van der Waals surface area contributed by atoms with E-state index < -0.39 is 6.10 Å². The number of nitrogens with one attached hydrogen (secondary N) is 1. The summed E-state index contributed by atoms with van der Waals surface area (Å²) in [7, 11) is 0. The van der Waals surface area contributed by atoms with Gasteiger partial charge in [0.15, 0.2) is 6.10 Å². The van der Waals surface area contributed by atoms with Crippen molar-refractivity contribution in [1.82, 2.24) is 25.0 Å². The number of amides is 1. The number of hydrogen-bond acceptors (Lipinski definition) is 5. The molecule has 0 saturated carbocycles. The maximum atomic E-state index is 13.0. The Morgan fingerprint density at radius 1 is 1.29 bits per heavy atom.